The average Bonchev–Trinajstić information content (AvgIpc) is 2.45. The van der Waals surface area contributed by atoms with E-state index in [1.165, 1.54) is 6.26 Å². The zero-order chi connectivity index (χ0) is 23.2. The number of sulfone groups is 1. The van der Waals surface area contributed by atoms with E-state index in [2.05, 4.69) is 0 Å². The van der Waals surface area contributed by atoms with Crippen LogP contribution in [0.1, 0.15) is 0 Å². The smallest absolute Gasteiger partial charge is 0.418 e. The summed E-state index contributed by atoms with van der Waals surface area (Å²) in [5.41, 5.74) is 1.91. The van der Waals surface area contributed by atoms with Gasteiger partial charge in [0.25, 0.3) is 10.2 Å². The van der Waals surface area contributed by atoms with Crippen LogP contribution in [0.3, 0.4) is 0 Å². The molecule has 0 spiro atoms. The van der Waals surface area contributed by atoms with Gasteiger partial charge in [0.2, 0.25) is 9.84 Å². The third-order valence-corrected chi connectivity index (χ3v) is 4.45. The van der Waals surface area contributed by atoms with Crippen molar-refractivity contribution in [1.29, 1.82) is 0 Å². The molecule has 0 N–H and O–H groups in total. The normalized spacial score (nSPS) is 11.7. The topological polar surface area (TPSA) is 41.9 Å². The van der Waals surface area contributed by atoms with Crippen LogP contribution < -0.4 is 9.13 Å². The zero-order valence-corrected chi connectivity index (χ0v) is 16.7. The first-order chi connectivity index (χ1) is 12.8. The lowest BCUT2D eigenvalue weighted by molar-refractivity contribution is -0.709. The zero-order valence-electron chi connectivity index (χ0n) is 15.1. The van der Waals surface area contributed by atoms with E-state index in [1.54, 1.807) is 40.6 Å². The summed E-state index contributed by atoms with van der Waals surface area (Å²) < 4.78 is 105. The minimum atomic E-state index is -6.00. The number of pyridine rings is 2. The van der Waals surface area contributed by atoms with Crippen LogP contribution in [0.2, 0.25) is 5.15 Å². The maximum absolute atomic E-state index is 11.6. The summed E-state index contributed by atoms with van der Waals surface area (Å²) in [7, 11) is -11.6. The fourth-order valence-corrected chi connectivity index (χ4v) is 2.91. The van der Waals surface area contributed by atoms with Gasteiger partial charge in [0.15, 0.2) is 12.4 Å². The molecular formula is C13H15B2ClF8N2O2S. The monoisotopic (exact) mass is 472 g/mol. The molecule has 2 aromatic rings. The number of rotatable bonds is 2. The molecule has 0 saturated carbocycles. The molecule has 0 aliphatic carbocycles. The van der Waals surface area contributed by atoms with Crippen molar-refractivity contribution in [2.75, 3.05) is 6.26 Å². The van der Waals surface area contributed by atoms with Gasteiger partial charge in [-0.15, -0.1) is 0 Å². The molecule has 0 atom stereocenters. The van der Waals surface area contributed by atoms with Gasteiger partial charge in [0.1, 0.15) is 14.1 Å². The average molecular weight is 472 g/mol. The van der Waals surface area contributed by atoms with Gasteiger partial charge in [-0.2, -0.15) is 9.13 Å². The van der Waals surface area contributed by atoms with Gasteiger partial charge in [-0.25, -0.2) is 8.42 Å². The molecule has 16 heteroatoms. The summed E-state index contributed by atoms with van der Waals surface area (Å²) in [6.07, 6.45) is 4.89. The van der Waals surface area contributed by atoms with Crippen LogP contribution in [0.25, 0.3) is 11.1 Å². The highest BCUT2D eigenvalue weighted by molar-refractivity contribution is 7.90. The van der Waals surface area contributed by atoms with Crippen LogP contribution in [0.15, 0.2) is 41.7 Å². The van der Waals surface area contributed by atoms with Crippen LogP contribution in [-0.2, 0) is 23.9 Å². The second-order valence-electron chi connectivity index (χ2n) is 5.48. The third-order valence-electron chi connectivity index (χ3n) is 2.87. The van der Waals surface area contributed by atoms with Gasteiger partial charge in [-0.3, -0.25) is 0 Å². The van der Waals surface area contributed by atoms with Gasteiger partial charge < -0.3 is 34.5 Å². The Bertz CT molecular complexity index is 915. The maximum atomic E-state index is 11.6. The summed E-state index contributed by atoms with van der Waals surface area (Å²) in [5, 5.41) is 0.926. The molecule has 164 valence electrons. The number of halogens is 9. The fraction of sp³-hybridized carbons (Fsp3) is 0.231. The molecule has 0 fully saturated rings. The van der Waals surface area contributed by atoms with Crippen molar-refractivity contribution in [1.82, 2.24) is 0 Å². The van der Waals surface area contributed by atoms with Crippen molar-refractivity contribution in [3.8, 4) is 11.1 Å². The van der Waals surface area contributed by atoms with E-state index < -0.39 is 24.3 Å². The summed E-state index contributed by atoms with van der Waals surface area (Å²) in [6.45, 7) is 0. The molecule has 4 nitrogen and oxygen atoms in total. The Morgan fingerprint density at radius 2 is 1.10 bits per heavy atom. The van der Waals surface area contributed by atoms with Gasteiger partial charge in [-0.05, 0) is 23.7 Å². The van der Waals surface area contributed by atoms with Crippen LogP contribution >= 0.6 is 11.6 Å². The summed E-state index contributed by atoms with van der Waals surface area (Å²) >= 11 is 5.96. The Balaban J connectivity index is 0.000000653. The van der Waals surface area contributed by atoms with Crippen LogP contribution in [0.4, 0.5) is 34.5 Å². The van der Waals surface area contributed by atoms with Crippen molar-refractivity contribution < 1.29 is 52.1 Å². The largest absolute Gasteiger partial charge is 0.673 e. The maximum Gasteiger partial charge on any atom is 0.673 e. The van der Waals surface area contributed by atoms with Crippen molar-refractivity contribution in [2.45, 2.75) is 5.03 Å². The molecule has 0 aromatic carbocycles. The Morgan fingerprint density at radius 3 is 1.41 bits per heavy atom. The third kappa shape index (κ3) is 13.0. The number of nitrogens with zero attached hydrogens (tertiary/aromatic N) is 2. The highest BCUT2D eigenvalue weighted by atomic mass is 35.5. The Hall–Kier alpha value is -1.89. The molecule has 29 heavy (non-hydrogen) atoms. The molecule has 2 rings (SSSR count). The van der Waals surface area contributed by atoms with E-state index >= 15 is 0 Å². The lowest BCUT2D eigenvalue weighted by atomic mass is 10.1. The molecular weight excluding hydrogens is 457 g/mol. The van der Waals surface area contributed by atoms with Crippen LogP contribution in [0, 0.1) is 0 Å². The Labute approximate surface area is 166 Å². The van der Waals surface area contributed by atoms with Crippen molar-refractivity contribution in [2.24, 2.45) is 14.1 Å². The van der Waals surface area contributed by atoms with E-state index in [9.17, 15) is 42.9 Å². The van der Waals surface area contributed by atoms with Crippen molar-refractivity contribution in [3.05, 3.63) is 41.8 Å². The lowest BCUT2D eigenvalue weighted by Crippen LogP contribution is -2.35. The molecule has 0 aliphatic rings. The Morgan fingerprint density at radius 1 is 0.759 bits per heavy atom. The van der Waals surface area contributed by atoms with Crippen molar-refractivity contribution in [3.63, 3.8) is 0 Å². The first kappa shape index (κ1) is 27.1. The molecule has 0 aliphatic heterocycles. The molecule has 0 saturated heterocycles. The summed E-state index contributed by atoms with van der Waals surface area (Å²) in [5.74, 6) is 0. The molecule has 2 aromatic heterocycles. The molecule has 0 unspecified atom stereocenters. The quantitative estimate of drug-likeness (QED) is 0.290. The highest BCUT2D eigenvalue weighted by Gasteiger charge is 2.21. The predicted molar refractivity (Wildman–Crippen MR) is 92.7 cm³/mol. The van der Waals surface area contributed by atoms with E-state index in [4.69, 9.17) is 11.6 Å². The minimum absolute atomic E-state index is 0.287. The second-order valence-corrected chi connectivity index (χ2v) is 7.83. The van der Waals surface area contributed by atoms with E-state index in [0.717, 1.165) is 11.1 Å². The standard InChI is InChI=1S/C13H15ClN2O2S.2BF4/c1-15-8-10(4-6-12(15)14)11-5-7-13(16(2)9-11)19(3,17)18;2*2-1(3,4)5/h4-9H,1-3H3;;/q+2;2*-1. The van der Waals surface area contributed by atoms with Crippen LogP contribution in [0.5, 0.6) is 0 Å². The highest BCUT2D eigenvalue weighted by Crippen LogP contribution is 2.18. The number of aromatic nitrogens is 2. The van der Waals surface area contributed by atoms with E-state index in [1.807, 2.05) is 19.3 Å². The SMILES string of the molecule is C[n+]1cc(-c2ccc(S(C)(=O)=O)[n+](C)c2)ccc1Cl.F[B-](F)(F)F.F[B-](F)(F)F. The first-order valence-corrected chi connectivity index (χ1v) is 9.66. The fourth-order valence-electron chi connectivity index (χ4n) is 1.91. The minimum Gasteiger partial charge on any atom is -0.418 e. The van der Waals surface area contributed by atoms with Gasteiger partial charge in [-0.1, -0.05) is 0 Å². The second kappa shape index (κ2) is 10.2. The number of aryl methyl sites for hydroxylation is 2. The van der Waals surface area contributed by atoms with Gasteiger partial charge >= 0.3 is 14.5 Å². The van der Waals surface area contributed by atoms with Crippen LogP contribution in [-0.4, -0.2) is 29.2 Å². The van der Waals surface area contributed by atoms with E-state index in [0.29, 0.717) is 5.15 Å². The van der Waals surface area contributed by atoms with Gasteiger partial charge in [0, 0.05) is 18.4 Å². The van der Waals surface area contributed by atoms with Crippen molar-refractivity contribution >= 4 is 35.9 Å². The number of hydrogen-bond donors (Lipinski definition) is 0. The first-order valence-electron chi connectivity index (χ1n) is 7.39. The lowest BCUT2D eigenvalue weighted by Gasteiger charge is -2.02. The molecule has 2 heterocycles. The van der Waals surface area contributed by atoms with Gasteiger partial charge in [0.05, 0.1) is 11.1 Å². The molecule has 0 radical (unpaired) electrons. The number of hydrogen-bond acceptors (Lipinski definition) is 2. The summed E-state index contributed by atoms with van der Waals surface area (Å²) in [6, 6.07) is 7.11. The molecule has 0 bridgehead atoms. The molecule has 0 amide bonds. The summed E-state index contributed by atoms with van der Waals surface area (Å²) in [4.78, 5) is 0. The predicted octanol–water partition coefficient (Wildman–Crippen LogP) is 3.66. The Kier molecular flexibility index (Phi) is 9.57. The van der Waals surface area contributed by atoms with E-state index in [-0.39, 0.29) is 5.03 Å².